The van der Waals surface area contributed by atoms with E-state index in [9.17, 15) is 9.59 Å². The van der Waals surface area contributed by atoms with Crippen LogP contribution in [-0.2, 0) is 0 Å². The summed E-state index contributed by atoms with van der Waals surface area (Å²) in [6, 6.07) is 1.41. The Labute approximate surface area is 88.7 Å². The van der Waals surface area contributed by atoms with E-state index in [0.717, 1.165) is 5.69 Å². The Morgan fingerprint density at radius 1 is 1.40 bits per heavy atom. The van der Waals surface area contributed by atoms with Crippen LogP contribution in [0.1, 0.15) is 36.8 Å². The Balaban J connectivity index is 2.98. The van der Waals surface area contributed by atoms with Crippen LogP contribution in [-0.4, -0.2) is 16.4 Å². The zero-order valence-corrected chi connectivity index (χ0v) is 9.47. The summed E-state index contributed by atoms with van der Waals surface area (Å²) in [5.74, 6) is -0.344. The lowest BCUT2D eigenvalue weighted by atomic mass is 10.1. The normalized spacial score (nSPS) is 11.2. The molecule has 0 fully saturated rings. The largest absolute Gasteiger partial charge is 0.364 e. The van der Waals surface area contributed by atoms with Gasteiger partial charge in [-0.1, -0.05) is 0 Å². The molecular weight excluding hydrogens is 192 g/mol. The minimum Gasteiger partial charge on any atom is -0.364 e. The molecule has 15 heavy (non-hydrogen) atoms. The van der Waals surface area contributed by atoms with Gasteiger partial charge in [-0.3, -0.25) is 9.59 Å². The maximum atomic E-state index is 11.7. The SMILES string of the molecule is Cc1cc(=O)c(C(=O)NC(C)(C)C)c[nH]1. The van der Waals surface area contributed by atoms with E-state index in [1.807, 2.05) is 20.8 Å². The summed E-state index contributed by atoms with van der Waals surface area (Å²) < 4.78 is 0. The van der Waals surface area contributed by atoms with E-state index in [1.165, 1.54) is 12.3 Å². The second-order valence-corrected chi connectivity index (χ2v) is 4.60. The number of carbonyl (C=O) groups excluding carboxylic acids is 1. The zero-order valence-electron chi connectivity index (χ0n) is 9.47. The summed E-state index contributed by atoms with van der Waals surface area (Å²) >= 11 is 0. The van der Waals surface area contributed by atoms with Crippen LogP contribution in [0.4, 0.5) is 0 Å². The van der Waals surface area contributed by atoms with E-state index in [0.29, 0.717) is 0 Å². The first-order valence-corrected chi connectivity index (χ1v) is 4.81. The van der Waals surface area contributed by atoms with Gasteiger partial charge in [0.25, 0.3) is 5.91 Å². The third-order valence-electron chi connectivity index (χ3n) is 1.79. The topological polar surface area (TPSA) is 62.0 Å². The minimum absolute atomic E-state index is 0.149. The van der Waals surface area contributed by atoms with Crippen LogP contribution in [0.5, 0.6) is 0 Å². The Morgan fingerprint density at radius 3 is 2.47 bits per heavy atom. The van der Waals surface area contributed by atoms with Gasteiger partial charge in [0, 0.05) is 23.5 Å². The average Bonchev–Trinajstić information content (AvgIpc) is 1.99. The predicted octanol–water partition coefficient (Wildman–Crippen LogP) is 1.21. The average molecular weight is 208 g/mol. The van der Waals surface area contributed by atoms with Crippen LogP contribution in [0.15, 0.2) is 17.1 Å². The second kappa shape index (κ2) is 3.88. The quantitative estimate of drug-likeness (QED) is 0.728. The first-order chi connectivity index (χ1) is 6.79. The molecule has 0 atom stereocenters. The molecule has 4 heteroatoms. The summed E-state index contributed by atoms with van der Waals surface area (Å²) in [5, 5.41) is 2.74. The number of aromatic amines is 1. The third-order valence-corrected chi connectivity index (χ3v) is 1.79. The van der Waals surface area contributed by atoms with Gasteiger partial charge in [0.1, 0.15) is 5.56 Å². The van der Waals surface area contributed by atoms with E-state index in [2.05, 4.69) is 10.3 Å². The van der Waals surface area contributed by atoms with Gasteiger partial charge in [-0.05, 0) is 27.7 Å². The van der Waals surface area contributed by atoms with Crippen molar-refractivity contribution in [2.75, 3.05) is 0 Å². The van der Waals surface area contributed by atoms with E-state index in [-0.39, 0.29) is 22.4 Å². The first-order valence-electron chi connectivity index (χ1n) is 4.81. The first kappa shape index (κ1) is 11.5. The highest BCUT2D eigenvalue weighted by Gasteiger charge is 2.17. The van der Waals surface area contributed by atoms with E-state index in [1.54, 1.807) is 6.92 Å². The van der Waals surface area contributed by atoms with Gasteiger partial charge in [-0.15, -0.1) is 0 Å². The summed E-state index contributed by atoms with van der Waals surface area (Å²) in [5.41, 5.74) is 0.296. The summed E-state index contributed by atoms with van der Waals surface area (Å²) in [6.45, 7) is 7.38. The summed E-state index contributed by atoms with van der Waals surface area (Å²) in [6.07, 6.45) is 1.44. The van der Waals surface area contributed by atoms with Gasteiger partial charge in [0.05, 0.1) is 0 Å². The van der Waals surface area contributed by atoms with Crippen molar-refractivity contribution in [1.82, 2.24) is 10.3 Å². The van der Waals surface area contributed by atoms with Gasteiger partial charge in [-0.25, -0.2) is 0 Å². The van der Waals surface area contributed by atoms with Crippen LogP contribution in [0, 0.1) is 6.92 Å². The molecule has 0 spiro atoms. The maximum Gasteiger partial charge on any atom is 0.257 e. The van der Waals surface area contributed by atoms with E-state index in [4.69, 9.17) is 0 Å². The molecule has 2 N–H and O–H groups in total. The van der Waals surface area contributed by atoms with Crippen LogP contribution in [0.25, 0.3) is 0 Å². The van der Waals surface area contributed by atoms with Gasteiger partial charge in [-0.2, -0.15) is 0 Å². The van der Waals surface area contributed by atoms with E-state index < -0.39 is 0 Å². The smallest absolute Gasteiger partial charge is 0.257 e. The van der Waals surface area contributed by atoms with Gasteiger partial charge >= 0.3 is 0 Å². The standard InChI is InChI=1S/C11H16N2O2/c1-7-5-9(14)8(6-12-7)10(15)13-11(2,3)4/h5-6H,1-4H3,(H,12,14)(H,13,15). The van der Waals surface area contributed by atoms with Crippen molar-refractivity contribution in [3.63, 3.8) is 0 Å². The molecule has 0 saturated carbocycles. The Kier molecular flexibility index (Phi) is 2.98. The fourth-order valence-electron chi connectivity index (χ4n) is 1.16. The molecule has 0 aromatic carbocycles. The van der Waals surface area contributed by atoms with Gasteiger partial charge in [0.2, 0.25) is 0 Å². The van der Waals surface area contributed by atoms with Crippen LogP contribution in [0.2, 0.25) is 0 Å². The number of rotatable bonds is 1. The lowest BCUT2D eigenvalue weighted by Crippen LogP contribution is -2.42. The van der Waals surface area contributed by atoms with Crippen LogP contribution in [0.3, 0.4) is 0 Å². The van der Waals surface area contributed by atoms with Crippen molar-refractivity contribution in [2.45, 2.75) is 33.2 Å². The van der Waals surface area contributed by atoms with Crippen molar-refractivity contribution >= 4 is 5.91 Å². The number of hydrogen-bond acceptors (Lipinski definition) is 2. The number of aryl methyl sites for hydroxylation is 1. The number of hydrogen-bond donors (Lipinski definition) is 2. The molecule has 0 aliphatic carbocycles. The molecule has 0 aliphatic rings. The Bertz CT molecular complexity index is 427. The van der Waals surface area contributed by atoms with Crippen molar-refractivity contribution in [3.05, 3.63) is 33.7 Å². The number of H-pyrrole nitrogens is 1. The molecular formula is C11H16N2O2. The van der Waals surface area contributed by atoms with Crippen molar-refractivity contribution in [2.24, 2.45) is 0 Å². The summed E-state index contributed by atoms with van der Waals surface area (Å²) in [4.78, 5) is 26.0. The van der Waals surface area contributed by atoms with Gasteiger partial charge < -0.3 is 10.3 Å². The molecule has 1 amide bonds. The van der Waals surface area contributed by atoms with Crippen molar-refractivity contribution in [1.29, 1.82) is 0 Å². The lowest BCUT2D eigenvalue weighted by molar-refractivity contribution is 0.0918. The van der Waals surface area contributed by atoms with Gasteiger partial charge in [0.15, 0.2) is 5.43 Å². The fraction of sp³-hybridized carbons (Fsp3) is 0.455. The van der Waals surface area contributed by atoms with Crippen molar-refractivity contribution < 1.29 is 4.79 Å². The number of aromatic nitrogens is 1. The summed E-state index contributed by atoms with van der Waals surface area (Å²) in [7, 11) is 0. The molecule has 0 bridgehead atoms. The van der Waals surface area contributed by atoms with Crippen molar-refractivity contribution in [3.8, 4) is 0 Å². The molecule has 4 nitrogen and oxygen atoms in total. The Hall–Kier alpha value is -1.58. The highest BCUT2D eigenvalue weighted by atomic mass is 16.2. The molecule has 82 valence electrons. The Morgan fingerprint density at radius 2 is 2.00 bits per heavy atom. The predicted molar refractivity (Wildman–Crippen MR) is 59.0 cm³/mol. The zero-order chi connectivity index (χ0) is 11.6. The molecule has 1 aromatic rings. The highest BCUT2D eigenvalue weighted by molar-refractivity contribution is 5.94. The number of carbonyl (C=O) groups is 1. The number of pyridine rings is 1. The van der Waals surface area contributed by atoms with Crippen LogP contribution >= 0.6 is 0 Å². The third kappa shape index (κ3) is 3.23. The lowest BCUT2D eigenvalue weighted by Gasteiger charge is -2.20. The molecule has 1 rings (SSSR count). The molecule has 1 aromatic heterocycles. The van der Waals surface area contributed by atoms with E-state index >= 15 is 0 Å². The monoisotopic (exact) mass is 208 g/mol. The minimum atomic E-state index is -0.344. The maximum absolute atomic E-state index is 11.7. The highest BCUT2D eigenvalue weighted by Crippen LogP contribution is 2.01. The number of nitrogens with one attached hydrogen (secondary N) is 2. The molecule has 0 aliphatic heterocycles. The molecule has 0 radical (unpaired) electrons. The number of amides is 1. The molecule has 0 saturated heterocycles. The second-order valence-electron chi connectivity index (χ2n) is 4.60. The molecule has 0 unspecified atom stereocenters. The fourth-order valence-corrected chi connectivity index (χ4v) is 1.16. The van der Waals surface area contributed by atoms with Crippen LogP contribution < -0.4 is 10.7 Å². The molecule has 1 heterocycles.